The van der Waals surface area contributed by atoms with Crippen molar-refractivity contribution in [3.63, 3.8) is 0 Å². The lowest BCUT2D eigenvalue weighted by Crippen LogP contribution is -2.25. The van der Waals surface area contributed by atoms with Crippen molar-refractivity contribution >= 4 is 55.7 Å². The molecule has 2 aromatic carbocycles. The van der Waals surface area contributed by atoms with Crippen LogP contribution in [-0.4, -0.2) is 36.1 Å². The van der Waals surface area contributed by atoms with Gasteiger partial charge in [-0.05, 0) is 67.3 Å². The van der Waals surface area contributed by atoms with Crippen LogP contribution in [0.1, 0.15) is 18.4 Å². The van der Waals surface area contributed by atoms with Crippen molar-refractivity contribution in [2.24, 2.45) is 0 Å². The van der Waals surface area contributed by atoms with Crippen molar-refractivity contribution in [2.45, 2.75) is 30.7 Å². The van der Waals surface area contributed by atoms with Gasteiger partial charge in [-0.15, -0.1) is 0 Å². The fourth-order valence-corrected chi connectivity index (χ4v) is 5.14. The highest BCUT2D eigenvalue weighted by atomic mass is 35.5. The number of rotatable bonds is 11. The first-order valence-corrected chi connectivity index (χ1v) is 13.3. The molecule has 0 spiro atoms. The van der Waals surface area contributed by atoms with Crippen molar-refractivity contribution < 1.29 is 13.2 Å². The highest BCUT2D eigenvalue weighted by molar-refractivity contribution is 7.89. The number of nitrogens with one attached hydrogen (secondary N) is 2. The van der Waals surface area contributed by atoms with Crippen molar-refractivity contribution in [1.29, 1.82) is 0 Å². The third-order valence-electron chi connectivity index (χ3n) is 5.32. The van der Waals surface area contributed by atoms with E-state index in [9.17, 15) is 8.42 Å². The number of benzene rings is 2. The molecule has 0 aliphatic heterocycles. The summed E-state index contributed by atoms with van der Waals surface area (Å²) < 4.78 is 35.3. The van der Waals surface area contributed by atoms with E-state index in [1.165, 1.54) is 12.1 Å². The summed E-state index contributed by atoms with van der Waals surface area (Å²) in [5.41, 5.74) is 2.12. The summed E-state index contributed by atoms with van der Waals surface area (Å²) in [6, 6.07) is 12.0. The zero-order valence-electron chi connectivity index (χ0n) is 18.1. The molecule has 0 aliphatic rings. The second kappa shape index (κ2) is 11.0. The second-order valence-corrected chi connectivity index (χ2v) is 10.6. The average molecular weight is 542 g/mol. The predicted molar refractivity (Wildman–Crippen MR) is 136 cm³/mol. The molecule has 0 aliphatic carbocycles. The number of nitrogens with zero attached hydrogens (tertiary/aromatic N) is 2. The van der Waals surface area contributed by atoms with Gasteiger partial charge in [0.05, 0.1) is 17.8 Å². The van der Waals surface area contributed by atoms with Gasteiger partial charge in [-0.3, -0.25) is 0 Å². The number of H-pyrrole nitrogens is 1. The molecule has 0 saturated carbocycles. The number of aryl methyl sites for hydroxylation is 2. The van der Waals surface area contributed by atoms with Crippen LogP contribution in [0, 0.1) is 0 Å². The lowest BCUT2D eigenvalue weighted by molar-refractivity contribution is 0.301. The Morgan fingerprint density at radius 2 is 1.85 bits per heavy atom. The molecular formula is C23H23Cl3N4O3S. The van der Waals surface area contributed by atoms with E-state index in [4.69, 9.17) is 39.5 Å². The van der Waals surface area contributed by atoms with E-state index in [1.54, 1.807) is 23.0 Å². The highest BCUT2D eigenvalue weighted by Gasteiger charge is 2.14. The smallest absolute Gasteiger partial charge is 0.240 e. The maximum Gasteiger partial charge on any atom is 0.240 e. The van der Waals surface area contributed by atoms with Crippen molar-refractivity contribution in [3.05, 3.63) is 75.9 Å². The van der Waals surface area contributed by atoms with Crippen LogP contribution >= 0.6 is 34.8 Å². The Bertz CT molecular complexity index is 1370. The van der Waals surface area contributed by atoms with Crippen LogP contribution in [-0.2, 0) is 23.0 Å². The van der Waals surface area contributed by atoms with Gasteiger partial charge >= 0.3 is 0 Å². The van der Waals surface area contributed by atoms with E-state index < -0.39 is 10.0 Å². The molecule has 11 heteroatoms. The van der Waals surface area contributed by atoms with E-state index in [1.807, 2.05) is 24.4 Å². The molecular weight excluding hydrogens is 519 g/mol. The zero-order valence-corrected chi connectivity index (χ0v) is 21.2. The topological polar surface area (TPSA) is 89.0 Å². The van der Waals surface area contributed by atoms with Gasteiger partial charge in [0, 0.05) is 35.2 Å². The number of hydrogen-bond acceptors (Lipinski definition) is 4. The third kappa shape index (κ3) is 6.06. The Morgan fingerprint density at radius 1 is 1.06 bits per heavy atom. The quantitative estimate of drug-likeness (QED) is 0.238. The molecule has 2 N–H and O–H groups in total. The molecule has 7 nitrogen and oxygen atoms in total. The van der Waals surface area contributed by atoms with Gasteiger partial charge in [-0.2, -0.15) is 0 Å². The Morgan fingerprint density at radius 3 is 2.59 bits per heavy atom. The fourth-order valence-electron chi connectivity index (χ4n) is 3.56. The number of ether oxygens (including phenoxy) is 1. The van der Waals surface area contributed by atoms with Crippen LogP contribution in [0.3, 0.4) is 0 Å². The molecule has 4 rings (SSSR count). The summed E-state index contributed by atoms with van der Waals surface area (Å²) in [4.78, 5) is 7.33. The van der Waals surface area contributed by atoms with Gasteiger partial charge in [0.15, 0.2) is 5.15 Å². The third-order valence-corrected chi connectivity index (χ3v) is 7.80. The van der Waals surface area contributed by atoms with Crippen LogP contribution in [0.15, 0.2) is 59.9 Å². The summed E-state index contributed by atoms with van der Waals surface area (Å²) in [5, 5.41) is 2.40. The second-order valence-electron chi connectivity index (χ2n) is 7.70. The first-order chi connectivity index (χ1) is 16.3. The summed E-state index contributed by atoms with van der Waals surface area (Å²) in [5.74, 6) is 0.590. The Kier molecular flexibility index (Phi) is 8.06. The average Bonchev–Trinajstić information content (AvgIpc) is 3.37. The van der Waals surface area contributed by atoms with Crippen molar-refractivity contribution in [2.75, 3.05) is 13.2 Å². The molecule has 0 atom stereocenters. The van der Waals surface area contributed by atoms with E-state index in [-0.39, 0.29) is 10.0 Å². The number of imidazole rings is 1. The highest BCUT2D eigenvalue weighted by Crippen LogP contribution is 2.23. The minimum absolute atomic E-state index is 0.193. The fraction of sp³-hybridized carbons (Fsp3) is 0.261. The molecule has 180 valence electrons. The Labute approximate surface area is 213 Å². The predicted octanol–water partition coefficient (Wildman–Crippen LogP) is 5.70. The molecule has 4 aromatic rings. The first-order valence-electron chi connectivity index (χ1n) is 10.7. The van der Waals surface area contributed by atoms with Gasteiger partial charge in [0.2, 0.25) is 10.0 Å². The minimum atomic E-state index is -3.60. The maximum atomic E-state index is 12.6. The largest absolute Gasteiger partial charge is 0.494 e. The summed E-state index contributed by atoms with van der Waals surface area (Å²) in [6.07, 6.45) is 5.59. The first kappa shape index (κ1) is 24.9. The van der Waals surface area contributed by atoms with E-state index in [2.05, 4.69) is 14.7 Å². The van der Waals surface area contributed by atoms with Crippen LogP contribution in [0.4, 0.5) is 0 Å². The number of sulfonamides is 1. The van der Waals surface area contributed by atoms with E-state index in [0.29, 0.717) is 48.5 Å². The molecule has 2 heterocycles. The van der Waals surface area contributed by atoms with Crippen LogP contribution < -0.4 is 9.46 Å². The van der Waals surface area contributed by atoms with Gasteiger partial charge < -0.3 is 14.3 Å². The maximum absolute atomic E-state index is 12.6. The lowest BCUT2D eigenvalue weighted by Gasteiger charge is -2.09. The number of aromatic nitrogens is 3. The van der Waals surface area contributed by atoms with Crippen molar-refractivity contribution in [3.8, 4) is 5.75 Å². The molecule has 34 heavy (non-hydrogen) atoms. The number of hydrogen-bond donors (Lipinski definition) is 2. The molecule has 0 unspecified atom stereocenters. The number of halogens is 3. The van der Waals surface area contributed by atoms with E-state index >= 15 is 0 Å². The Hall–Kier alpha value is -2.23. The molecule has 0 fully saturated rings. The van der Waals surface area contributed by atoms with Crippen LogP contribution in [0.2, 0.25) is 15.3 Å². The molecule has 0 bridgehead atoms. The minimum Gasteiger partial charge on any atom is -0.494 e. The summed E-state index contributed by atoms with van der Waals surface area (Å²) in [6.45, 7) is 1.38. The SMILES string of the molecule is O=S(=O)(NCCCc1c[nH]c2ccc(Cl)cc12)c1ccc(OCCCn2cnc(Cl)c2Cl)cc1. The molecule has 0 saturated heterocycles. The monoisotopic (exact) mass is 540 g/mol. The van der Waals surface area contributed by atoms with Crippen molar-refractivity contribution in [1.82, 2.24) is 19.3 Å². The van der Waals surface area contributed by atoms with Gasteiger partial charge in [0.25, 0.3) is 0 Å². The van der Waals surface area contributed by atoms with Crippen LogP contribution in [0.25, 0.3) is 10.9 Å². The number of aromatic amines is 1. The summed E-state index contributed by atoms with van der Waals surface area (Å²) >= 11 is 17.9. The normalized spacial score (nSPS) is 11.9. The van der Waals surface area contributed by atoms with Gasteiger partial charge in [-0.1, -0.05) is 34.8 Å². The summed E-state index contributed by atoms with van der Waals surface area (Å²) in [7, 11) is -3.60. The number of fused-ring (bicyclic) bond motifs is 1. The van der Waals surface area contributed by atoms with Gasteiger partial charge in [-0.25, -0.2) is 18.1 Å². The molecule has 2 aromatic heterocycles. The lowest BCUT2D eigenvalue weighted by atomic mass is 10.1. The van der Waals surface area contributed by atoms with Crippen LogP contribution in [0.5, 0.6) is 5.75 Å². The molecule has 0 amide bonds. The van der Waals surface area contributed by atoms with Gasteiger partial charge in [0.1, 0.15) is 10.9 Å². The molecule has 0 radical (unpaired) electrons. The van der Waals surface area contributed by atoms with E-state index in [0.717, 1.165) is 22.9 Å². The standard InChI is InChI=1S/C23H23Cl3N4O3S/c24-17-4-9-21-20(13-17)16(14-27-21)3-1-10-29-34(31,32)19-7-5-18(6-8-19)33-12-2-11-30-15-28-22(25)23(30)26/h4-9,13-15,27,29H,1-3,10-12H2. The zero-order chi connectivity index (χ0) is 24.1. The Balaban J connectivity index is 1.23.